The average molecular weight is 356 g/mol. The number of nitrogens with zero attached hydrogens (tertiary/aromatic N) is 2. The highest BCUT2D eigenvalue weighted by Crippen LogP contribution is 2.37. The summed E-state index contributed by atoms with van der Waals surface area (Å²) in [6, 6.07) is 3.55. The first kappa shape index (κ1) is 13.6. The van der Waals surface area contributed by atoms with Crippen molar-refractivity contribution in [2.45, 2.75) is 25.7 Å². The fourth-order valence-corrected chi connectivity index (χ4v) is 2.56. The number of aryl methyl sites for hydroxylation is 1. The molecular formula is C13H12BrClN4O. The smallest absolute Gasteiger partial charge is 0.295 e. The molecule has 1 aromatic carbocycles. The molecule has 3 rings (SSSR count). The van der Waals surface area contributed by atoms with Crippen molar-refractivity contribution in [3.8, 4) is 0 Å². The Labute approximate surface area is 129 Å². The van der Waals surface area contributed by atoms with Crippen LogP contribution < -0.4 is 5.32 Å². The summed E-state index contributed by atoms with van der Waals surface area (Å²) in [5, 5.41) is 10.1. The van der Waals surface area contributed by atoms with E-state index in [1.54, 1.807) is 6.07 Å². The number of aromatic amines is 1. The van der Waals surface area contributed by atoms with E-state index in [0.717, 1.165) is 28.7 Å². The van der Waals surface area contributed by atoms with Gasteiger partial charge >= 0.3 is 0 Å². The molecule has 0 bridgehead atoms. The summed E-state index contributed by atoms with van der Waals surface area (Å²) in [5.74, 6) is 1.02. The molecule has 2 aromatic rings. The van der Waals surface area contributed by atoms with E-state index in [1.807, 2.05) is 13.0 Å². The summed E-state index contributed by atoms with van der Waals surface area (Å²) in [5.41, 5.74) is 1.54. The molecule has 1 amide bonds. The first-order valence-electron chi connectivity index (χ1n) is 6.24. The van der Waals surface area contributed by atoms with Crippen LogP contribution in [0.1, 0.15) is 40.8 Å². The number of halogens is 2. The number of amides is 1. The topological polar surface area (TPSA) is 70.7 Å². The van der Waals surface area contributed by atoms with Crippen LogP contribution in [0.4, 0.5) is 5.69 Å². The van der Waals surface area contributed by atoms with Crippen LogP contribution in [-0.2, 0) is 0 Å². The van der Waals surface area contributed by atoms with Crippen LogP contribution in [0, 0.1) is 6.92 Å². The van der Waals surface area contributed by atoms with E-state index in [1.165, 1.54) is 0 Å². The van der Waals surface area contributed by atoms with Crippen molar-refractivity contribution in [3.63, 3.8) is 0 Å². The minimum absolute atomic E-state index is 0.149. The molecule has 0 saturated heterocycles. The normalized spacial score (nSPS) is 14.3. The number of aromatic nitrogens is 3. The third-order valence-electron chi connectivity index (χ3n) is 3.17. The van der Waals surface area contributed by atoms with E-state index in [-0.39, 0.29) is 11.7 Å². The molecule has 1 aromatic heterocycles. The van der Waals surface area contributed by atoms with Gasteiger partial charge in [0.15, 0.2) is 0 Å². The van der Waals surface area contributed by atoms with Gasteiger partial charge in [0.25, 0.3) is 5.91 Å². The number of hydrogen-bond acceptors (Lipinski definition) is 3. The van der Waals surface area contributed by atoms with Crippen LogP contribution in [0.3, 0.4) is 0 Å². The summed E-state index contributed by atoms with van der Waals surface area (Å²) >= 11 is 9.46. The SMILES string of the molecule is Cc1cc(Br)c(NC(=O)c2n[nH]c(C3CC3)n2)cc1Cl. The Morgan fingerprint density at radius 3 is 2.95 bits per heavy atom. The molecule has 5 nitrogen and oxygen atoms in total. The minimum Gasteiger partial charge on any atom is -0.318 e. The Balaban J connectivity index is 1.79. The summed E-state index contributed by atoms with van der Waals surface area (Å²) in [6.07, 6.45) is 2.21. The van der Waals surface area contributed by atoms with E-state index < -0.39 is 0 Å². The number of hydrogen-bond donors (Lipinski definition) is 2. The van der Waals surface area contributed by atoms with Gasteiger partial charge in [-0.15, -0.1) is 5.10 Å². The third-order valence-corrected chi connectivity index (χ3v) is 4.23. The lowest BCUT2D eigenvalue weighted by Gasteiger charge is -2.07. The molecule has 0 spiro atoms. The molecular weight excluding hydrogens is 344 g/mol. The predicted octanol–water partition coefficient (Wildman–Crippen LogP) is 3.66. The van der Waals surface area contributed by atoms with Gasteiger partial charge < -0.3 is 5.32 Å². The summed E-state index contributed by atoms with van der Waals surface area (Å²) < 4.78 is 0.769. The molecule has 2 N–H and O–H groups in total. The quantitative estimate of drug-likeness (QED) is 0.882. The fraction of sp³-hybridized carbons (Fsp3) is 0.308. The van der Waals surface area contributed by atoms with Crippen molar-refractivity contribution in [3.05, 3.63) is 38.8 Å². The van der Waals surface area contributed by atoms with Crippen molar-refractivity contribution in [2.75, 3.05) is 5.32 Å². The lowest BCUT2D eigenvalue weighted by Crippen LogP contribution is -2.14. The van der Waals surface area contributed by atoms with Crippen molar-refractivity contribution >= 4 is 39.1 Å². The highest BCUT2D eigenvalue weighted by Gasteiger charge is 2.28. The van der Waals surface area contributed by atoms with Crippen LogP contribution in [0.25, 0.3) is 0 Å². The third kappa shape index (κ3) is 2.71. The van der Waals surface area contributed by atoms with Crippen LogP contribution in [0.2, 0.25) is 5.02 Å². The Morgan fingerprint density at radius 2 is 2.25 bits per heavy atom. The number of carbonyl (C=O) groups excluding carboxylic acids is 1. The van der Waals surface area contributed by atoms with Crippen molar-refractivity contribution in [1.29, 1.82) is 0 Å². The van der Waals surface area contributed by atoms with Crippen molar-refractivity contribution in [2.24, 2.45) is 0 Å². The van der Waals surface area contributed by atoms with Gasteiger partial charge in [0.2, 0.25) is 5.82 Å². The number of H-pyrrole nitrogens is 1. The zero-order chi connectivity index (χ0) is 14.3. The van der Waals surface area contributed by atoms with E-state index in [0.29, 0.717) is 16.6 Å². The van der Waals surface area contributed by atoms with Crippen LogP contribution in [-0.4, -0.2) is 21.1 Å². The van der Waals surface area contributed by atoms with Gasteiger partial charge in [0.1, 0.15) is 5.82 Å². The highest BCUT2D eigenvalue weighted by atomic mass is 79.9. The first-order valence-corrected chi connectivity index (χ1v) is 7.41. The maximum absolute atomic E-state index is 12.1. The van der Waals surface area contributed by atoms with Crippen molar-refractivity contribution < 1.29 is 4.79 Å². The van der Waals surface area contributed by atoms with E-state index >= 15 is 0 Å². The van der Waals surface area contributed by atoms with E-state index in [4.69, 9.17) is 11.6 Å². The molecule has 1 aliphatic rings. The second kappa shape index (κ2) is 5.18. The van der Waals surface area contributed by atoms with Crippen LogP contribution in [0.15, 0.2) is 16.6 Å². The molecule has 20 heavy (non-hydrogen) atoms. The molecule has 1 heterocycles. The Kier molecular flexibility index (Phi) is 3.52. The Morgan fingerprint density at radius 1 is 1.50 bits per heavy atom. The first-order chi connectivity index (χ1) is 9.54. The zero-order valence-electron chi connectivity index (χ0n) is 10.7. The van der Waals surface area contributed by atoms with Crippen molar-refractivity contribution in [1.82, 2.24) is 15.2 Å². The van der Waals surface area contributed by atoms with Gasteiger partial charge in [-0.05, 0) is 53.4 Å². The standard InChI is InChI=1S/C13H12BrClN4O/c1-6-4-8(14)10(5-9(6)15)16-13(20)12-17-11(18-19-12)7-2-3-7/h4-5,7H,2-3H2,1H3,(H,16,20)(H,17,18,19). The second-order valence-corrected chi connectivity index (χ2v) is 6.12. The number of anilines is 1. The van der Waals surface area contributed by atoms with Crippen LogP contribution in [0.5, 0.6) is 0 Å². The number of carbonyl (C=O) groups is 1. The second-order valence-electron chi connectivity index (χ2n) is 4.85. The summed E-state index contributed by atoms with van der Waals surface area (Å²) in [6.45, 7) is 1.90. The van der Waals surface area contributed by atoms with Gasteiger partial charge in [-0.3, -0.25) is 9.89 Å². The van der Waals surface area contributed by atoms with Gasteiger partial charge in [0.05, 0.1) is 5.69 Å². The van der Waals surface area contributed by atoms with Gasteiger partial charge in [-0.1, -0.05) is 11.6 Å². The summed E-state index contributed by atoms with van der Waals surface area (Å²) in [4.78, 5) is 16.3. The van der Waals surface area contributed by atoms with Gasteiger partial charge in [-0.25, -0.2) is 4.98 Å². The summed E-state index contributed by atoms with van der Waals surface area (Å²) in [7, 11) is 0. The van der Waals surface area contributed by atoms with Gasteiger partial charge in [-0.2, -0.15) is 0 Å². The molecule has 0 aliphatic heterocycles. The largest absolute Gasteiger partial charge is 0.318 e. The molecule has 7 heteroatoms. The Bertz CT molecular complexity index is 681. The number of rotatable bonds is 3. The monoisotopic (exact) mass is 354 g/mol. The minimum atomic E-state index is -0.353. The number of benzene rings is 1. The molecule has 1 saturated carbocycles. The maximum Gasteiger partial charge on any atom is 0.295 e. The molecule has 1 fully saturated rings. The molecule has 104 valence electrons. The van der Waals surface area contributed by atoms with Gasteiger partial charge in [0, 0.05) is 15.4 Å². The zero-order valence-corrected chi connectivity index (χ0v) is 13.0. The lowest BCUT2D eigenvalue weighted by molar-refractivity contribution is 0.101. The molecule has 1 aliphatic carbocycles. The highest BCUT2D eigenvalue weighted by molar-refractivity contribution is 9.10. The fourth-order valence-electron chi connectivity index (χ4n) is 1.84. The average Bonchev–Trinajstić information content (AvgIpc) is 3.13. The molecule has 0 unspecified atom stereocenters. The lowest BCUT2D eigenvalue weighted by atomic mass is 10.2. The predicted molar refractivity (Wildman–Crippen MR) is 80.2 cm³/mol. The van der Waals surface area contributed by atoms with Crippen LogP contribution >= 0.6 is 27.5 Å². The Hall–Kier alpha value is -1.40. The molecule has 0 atom stereocenters. The van der Waals surface area contributed by atoms with E-state index in [9.17, 15) is 4.79 Å². The maximum atomic E-state index is 12.1. The molecule has 0 radical (unpaired) electrons. The number of nitrogens with one attached hydrogen (secondary N) is 2. The van der Waals surface area contributed by atoms with E-state index in [2.05, 4.69) is 36.4 Å².